The van der Waals surface area contributed by atoms with Crippen LogP contribution in [0.2, 0.25) is 0 Å². The molecule has 0 atom stereocenters. The number of nitrogens with zero attached hydrogens (tertiary/aromatic N) is 2. The minimum Gasteiger partial charge on any atom is -0.338 e. The molecule has 1 aromatic rings. The van der Waals surface area contributed by atoms with Gasteiger partial charge in [-0.15, -0.1) is 0 Å². The molecule has 22 heavy (non-hydrogen) atoms. The number of piperazine rings is 1. The van der Waals surface area contributed by atoms with Crippen molar-refractivity contribution in [1.29, 1.82) is 0 Å². The summed E-state index contributed by atoms with van der Waals surface area (Å²) >= 11 is 0. The van der Waals surface area contributed by atoms with E-state index in [0.29, 0.717) is 0 Å². The van der Waals surface area contributed by atoms with Crippen LogP contribution in [0.3, 0.4) is 0 Å². The highest BCUT2D eigenvalue weighted by molar-refractivity contribution is 5.74. The van der Waals surface area contributed by atoms with E-state index in [1.54, 1.807) is 6.07 Å². The summed E-state index contributed by atoms with van der Waals surface area (Å²) in [6.45, 7) is 7.09. The van der Waals surface area contributed by atoms with Crippen molar-refractivity contribution >= 4 is 6.03 Å². The molecule has 0 aromatic heterocycles. The topological polar surface area (TPSA) is 35.6 Å². The molecule has 0 radical (unpaired) electrons. The molecule has 1 fully saturated rings. The SMILES string of the molecule is CCCNC(=O)N1CCN(CCCc2ccccc2F)CC1. The average Bonchev–Trinajstić information content (AvgIpc) is 2.55. The Morgan fingerprint density at radius 3 is 2.64 bits per heavy atom. The summed E-state index contributed by atoms with van der Waals surface area (Å²) in [5.74, 6) is -0.111. The third kappa shape index (κ3) is 4.98. The van der Waals surface area contributed by atoms with Gasteiger partial charge in [0.25, 0.3) is 0 Å². The number of urea groups is 1. The standard InChI is InChI=1S/C17H26FN3O/c1-2-9-19-17(22)21-13-11-20(12-14-21)10-5-7-15-6-3-4-8-16(15)18/h3-4,6,8H,2,5,7,9-14H2,1H3,(H,19,22). The number of amides is 2. The highest BCUT2D eigenvalue weighted by Gasteiger charge is 2.20. The lowest BCUT2D eigenvalue weighted by Crippen LogP contribution is -2.52. The molecule has 1 aliphatic rings. The Hall–Kier alpha value is -1.62. The van der Waals surface area contributed by atoms with Crippen LogP contribution in [0, 0.1) is 5.82 Å². The smallest absolute Gasteiger partial charge is 0.317 e. The highest BCUT2D eigenvalue weighted by atomic mass is 19.1. The van der Waals surface area contributed by atoms with Crippen LogP contribution in [-0.4, -0.2) is 55.1 Å². The molecule has 1 N–H and O–H groups in total. The first-order valence-corrected chi connectivity index (χ1v) is 8.19. The van der Waals surface area contributed by atoms with E-state index in [0.717, 1.165) is 64.1 Å². The molecule has 2 rings (SSSR count). The van der Waals surface area contributed by atoms with E-state index in [-0.39, 0.29) is 11.8 Å². The van der Waals surface area contributed by atoms with E-state index in [1.165, 1.54) is 6.07 Å². The molecular formula is C17H26FN3O. The van der Waals surface area contributed by atoms with Gasteiger partial charge < -0.3 is 10.2 Å². The lowest BCUT2D eigenvalue weighted by atomic mass is 10.1. The van der Waals surface area contributed by atoms with Gasteiger partial charge in [0, 0.05) is 32.7 Å². The van der Waals surface area contributed by atoms with Gasteiger partial charge in [0.05, 0.1) is 0 Å². The summed E-state index contributed by atoms with van der Waals surface area (Å²) in [4.78, 5) is 16.1. The second kappa shape index (κ2) is 8.73. The van der Waals surface area contributed by atoms with Crippen LogP contribution in [-0.2, 0) is 6.42 Å². The predicted octanol–water partition coefficient (Wildman–Crippen LogP) is 2.50. The summed E-state index contributed by atoms with van der Waals surface area (Å²) in [5, 5.41) is 2.91. The van der Waals surface area contributed by atoms with Crippen LogP contribution >= 0.6 is 0 Å². The van der Waals surface area contributed by atoms with Crippen molar-refractivity contribution in [2.45, 2.75) is 26.2 Å². The van der Waals surface area contributed by atoms with E-state index in [2.05, 4.69) is 10.2 Å². The zero-order chi connectivity index (χ0) is 15.8. The monoisotopic (exact) mass is 307 g/mol. The molecule has 5 heteroatoms. The van der Waals surface area contributed by atoms with E-state index in [9.17, 15) is 9.18 Å². The molecule has 122 valence electrons. The number of aryl methyl sites for hydroxylation is 1. The van der Waals surface area contributed by atoms with Gasteiger partial charge in [-0.2, -0.15) is 0 Å². The van der Waals surface area contributed by atoms with Crippen LogP contribution in [0.15, 0.2) is 24.3 Å². The fourth-order valence-electron chi connectivity index (χ4n) is 2.71. The molecule has 0 bridgehead atoms. The molecular weight excluding hydrogens is 281 g/mol. The Morgan fingerprint density at radius 1 is 1.23 bits per heavy atom. The van der Waals surface area contributed by atoms with Crippen LogP contribution in [0.25, 0.3) is 0 Å². The van der Waals surface area contributed by atoms with Crippen molar-refractivity contribution < 1.29 is 9.18 Å². The lowest BCUT2D eigenvalue weighted by molar-refractivity contribution is 0.138. The molecule has 0 aliphatic carbocycles. The van der Waals surface area contributed by atoms with Gasteiger partial charge in [0.15, 0.2) is 0 Å². The number of hydrogen-bond donors (Lipinski definition) is 1. The number of carbonyl (C=O) groups excluding carboxylic acids is 1. The summed E-state index contributed by atoms with van der Waals surface area (Å²) < 4.78 is 13.5. The van der Waals surface area contributed by atoms with Gasteiger partial charge >= 0.3 is 6.03 Å². The quantitative estimate of drug-likeness (QED) is 0.876. The van der Waals surface area contributed by atoms with Gasteiger partial charge in [-0.05, 0) is 37.4 Å². The van der Waals surface area contributed by atoms with Gasteiger partial charge in [0.1, 0.15) is 5.82 Å². The van der Waals surface area contributed by atoms with Crippen LogP contribution < -0.4 is 5.32 Å². The predicted molar refractivity (Wildman–Crippen MR) is 86.4 cm³/mol. The minimum atomic E-state index is -0.111. The van der Waals surface area contributed by atoms with Crippen LogP contribution in [0.5, 0.6) is 0 Å². The molecule has 1 heterocycles. The molecule has 2 amide bonds. The van der Waals surface area contributed by atoms with Crippen molar-refractivity contribution in [3.63, 3.8) is 0 Å². The minimum absolute atomic E-state index is 0.0489. The zero-order valence-electron chi connectivity index (χ0n) is 13.4. The number of benzene rings is 1. The largest absolute Gasteiger partial charge is 0.338 e. The summed E-state index contributed by atoms with van der Waals surface area (Å²) in [6, 6.07) is 7.02. The Bertz CT molecular complexity index is 473. The van der Waals surface area contributed by atoms with Gasteiger partial charge in [0.2, 0.25) is 0 Å². The molecule has 1 aromatic carbocycles. The molecule has 0 spiro atoms. The zero-order valence-corrected chi connectivity index (χ0v) is 13.4. The van der Waals surface area contributed by atoms with E-state index in [1.807, 2.05) is 24.0 Å². The van der Waals surface area contributed by atoms with Crippen LogP contribution in [0.1, 0.15) is 25.3 Å². The molecule has 0 saturated carbocycles. The lowest BCUT2D eigenvalue weighted by Gasteiger charge is -2.34. The van der Waals surface area contributed by atoms with Gasteiger partial charge in [-0.3, -0.25) is 4.90 Å². The first kappa shape index (κ1) is 16.7. The Balaban J connectivity index is 1.65. The van der Waals surface area contributed by atoms with E-state index >= 15 is 0 Å². The first-order chi connectivity index (χ1) is 10.7. The molecule has 1 saturated heterocycles. The highest BCUT2D eigenvalue weighted by Crippen LogP contribution is 2.10. The Kier molecular flexibility index (Phi) is 6.65. The number of rotatable bonds is 6. The maximum Gasteiger partial charge on any atom is 0.317 e. The summed E-state index contributed by atoms with van der Waals surface area (Å²) in [5.41, 5.74) is 0.792. The Labute approximate surface area is 132 Å². The maximum atomic E-state index is 13.5. The summed E-state index contributed by atoms with van der Waals surface area (Å²) in [6.07, 6.45) is 2.68. The van der Waals surface area contributed by atoms with Crippen molar-refractivity contribution in [2.24, 2.45) is 0 Å². The normalized spacial score (nSPS) is 15.8. The third-order valence-corrected chi connectivity index (χ3v) is 4.06. The second-order valence-corrected chi connectivity index (χ2v) is 5.76. The van der Waals surface area contributed by atoms with Crippen molar-refractivity contribution in [1.82, 2.24) is 15.1 Å². The first-order valence-electron chi connectivity index (χ1n) is 8.19. The van der Waals surface area contributed by atoms with E-state index in [4.69, 9.17) is 0 Å². The Morgan fingerprint density at radius 2 is 1.95 bits per heavy atom. The van der Waals surface area contributed by atoms with E-state index < -0.39 is 0 Å². The molecule has 1 aliphatic heterocycles. The molecule has 0 unspecified atom stereocenters. The van der Waals surface area contributed by atoms with Gasteiger partial charge in [-0.25, -0.2) is 9.18 Å². The summed E-state index contributed by atoms with van der Waals surface area (Å²) in [7, 11) is 0. The average molecular weight is 307 g/mol. The van der Waals surface area contributed by atoms with Crippen molar-refractivity contribution in [3.05, 3.63) is 35.6 Å². The fraction of sp³-hybridized carbons (Fsp3) is 0.588. The number of halogens is 1. The van der Waals surface area contributed by atoms with Crippen molar-refractivity contribution in [2.75, 3.05) is 39.3 Å². The maximum absolute atomic E-state index is 13.5. The van der Waals surface area contributed by atoms with Gasteiger partial charge in [-0.1, -0.05) is 25.1 Å². The van der Waals surface area contributed by atoms with Crippen LogP contribution in [0.4, 0.5) is 9.18 Å². The fourth-order valence-corrected chi connectivity index (χ4v) is 2.71. The number of hydrogen-bond acceptors (Lipinski definition) is 2. The number of carbonyl (C=O) groups is 1. The molecule has 4 nitrogen and oxygen atoms in total. The van der Waals surface area contributed by atoms with Crippen molar-refractivity contribution in [3.8, 4) is 0 Å². The number of nitrogens with one attached hydrogen (secondary N) is 1. The second-order valence-electron chi connectivity index (χ2n) is 5.76. The third-order valence-electron chi connectivity index (χ3n) is 4.06.